The number of β-amino-alcohol motifs (C(OH)–C–C–N with tert-alkyl or cyclic N) is 1. The van der Waals surface area contributed by atoms with Gasteiger partial charge in [0.25, 0.3) is 0 Å². The van der Waals surface area contributed by atoms with Gasteiger partial charge in [-0.15, -0.1) is 6.58 Å². The number of piperidine rings is 1. The molecule has 2 aliphatic rings. The molecule has 2 atom stereocenters. The number of rotatable bonds is 5. The lowest BCUT2D eigenvalue weighted by molar-refractivity contribution is -0.194. The molecule has 0 aromatic carbocycles. The summed E-state index contributed by atoms with van der Waals surface area (Å²) >= 11 is 0. The van der Waals surface area contributed by atoms with E-state index in [4.69, 9.17) is 9.47 Å². The zero-order valence-corrected chi connectivity index (χ0v) is 11.3. The monoisotopic (exact) mass is 255 g/mol. The van der Waals surface area contributed by atoms with Gasteiger partial charge in [-0.1, -0.05) is 6.08 Å². The van der Waals surface area contributed by atoms with Crippen LogP contribution in [0.4, 0.5) is 0 Å². The van der Waals surface area contributed by atoms with Crippen molar-refractivity contribution in [3.63, 3.8) is 0 Å². The largest absolute Gasteiger partial charge is 0.392 e. The van der Waals surface area contributed by atoms with Crippen molar-refractivity contribution < 1.29 is 14.6 Å². The molecule has 104 valence electrons. The average molecular weight is 255 g/mol. The van der Waals surface area contributed by atoms with Crippen molar-refractivity contribution in [3.8, 4) is 0 Å². The fourth-order valence-electron chi connectivity index (χ4n) is 2.74. The van der Waals surface area contributed by atoms with Crippen molar-refractivity contribution in [2.75, 3.05) is 26.2 Å². The number of ether oxygens (including phenoxy) is 2. The molecule has 0 radical (unpaired) electrons. The van der Waals surface area contributed by atoms with Gasteiger partial charge in [-0.3, -0.25) is 0 Å². The molecular weight excluding hydrogens is 230 g/mol. The van der Waals surface area contributed by atoms with E-state index < -0.39 is 0 Å². The summed E-state index contributed by atoms with van der Waals surface area (Å²) in [4.78, 5) is 2.30. The molecule has 4 nitrogen and oxygen atoms in total. The van der Waals surface area contributed by atoms with Gasteiger partial charge in [0.1, 0.15) is 0 Å². The van der Waals surface area contributed by atoms with Crippen LogP contribution >= 0.6 is 0 Å². The van der Waals surface area contributed by atoms with E-state index in [0.717, 1.165) is 45.3 Å². The summed E-state index contributed by atoms with van der Waals surface area (Å²) in [6, 6.07) is 0. The van der Waals surface area contributed by atoms with Crippen molar-refractivity contribution in [1.82, 2.24) is 4.90 Å². The summed E-state index contributed by atoms with van der Waals surface area (Å²) in [6.45, 7) is 9.08. The fraction of sp³-hybridized carbons (Fsp3) is 0.857. The van der Waals surface area contributed by atoms with E-state index in [-0.39, 0.29) is 18.0 Å². The lowest BCUT2D eigenvalue weighted by atomic mass is 10.0. The third-order valence-corrected chi connectivity index (χ3v) is 3.79. The molecule has 2 fully saturated rings. The van der Waals surface area contributed by atoms with Crippen LogP contribution in [0.15, 0.2) is 12.7 Å². The molecule has 1 spiro atoms. The van der Waals surface area contributed by atoms with E-state index in [1.165, 1.54) is 0 Å². The van der Waals surface area contributed by atoms with Gasteiger partial charge in [-0.25, -0.2) is 0 Å². The molecule has 0 aromatic heterocycles. The second kappa shape index (κ2) is 6.15. The van der Waals surface area contributed by atoms with E-state index in [1.807, 2.05) is 6.08 Å². The Hall–Kier alpha value is -0.420. The smallest absolute Gasteiger partial charge is 0.171 e. The van der Waals surface area contributed by atoms with Crippen LogP contribution in [0.1, 0.15) is 32.6 Å². The molecule has 2 heterocycles. The first kappa shape index (κ1) is 14.0. The van der Waals surface area contributed by atoms with Crippen molar-refractivity contribution in [1.29, 1.82) is 0 Å². The molecule has 2 rings (SSSR count). The highest BCUT2D eigenvalue weighted by atomic mass is 16.7. The van der Waals surface area contributed by atoms with Crippen LogP contribution in [0.25, 0.3) is 0 Å². The minimum Gasteiger partial charge on any atom is -0.392 e. The highest BCUT2D eigenvalue weighted by molar-refractivity contribution is 4.85. The van der Waals surface area contributed by atoms with Gasteiger partial charge in [-0.05, 0) is 19.8 Å². The van der Waals surface area contributed by atoms with Gasteiger partial charge in [0.05, 0.1) is 18.8 Å². The number of aliphatic hydroxyl groups excluding tert-OH is 1. The van der Waals surface area contributed by atoms with E-state index >= 15 is 0 Å². The third-order valence-electron chi connectivity index (χ3n) is 3.79. The van der Waals surface area contributed by atoms with Gasteiger partial charge in [0, 0.05) is 32.5 Å². The van der Waals surface area contributed by atoms with Crippen LogP contribution in [0.5, 0.6) is 0 Å². The van der Waals surface area contributed by atoms with Crippen LogP contribution in [0.3, 0.4) is 0 Å². The number of likely N-dealkylation sites (tertiary alicyclic amines) is 1. The van der Waals surface area contributed by atoms with Crippen LogP contribution in [0.2, 0.25) is 0 Å². The lowest BCUT2D eigenvalue weighted by Crippen LogP contribution is -2.47. The SMILES string of the molecule is C=CCCC(O)CN1CCC2(CC1)OCC(C)O2. The Bertz CT molecular complexity index is 274. The zero-order chi connectivity index (χ0) is 13.0. The molecule has 0 saturated carbocycles. The molecular formula is C14H25NO3. The first-order chi connectivity index (χ1) is 8.63. The molecule has 0 aliphatic carbocycles. The topological polar surface area (TPSA) is 41.9 Å². The first-order valence-electron chi connectivity index (χ1n) is 6.97. The van der Waals surface area contributed by atoms with Crippen molar-refractivity contribution >= 4 is 0 Å². The van der Waals surface area contributed by atoms with Gasteiger partial charge in [-0.2, -0.15) is 0 Å². The van der Waals surface area contributed by atoms with Crippen LogP contribution in [0, 0.1) is 0 Å². The zero-order valence-electron chi connectivity index (χ0n) is 11.3. The normalized spacial score (nSPS) is 29.6. The molecule has 2 aliphatic heterocycles. The Kier molecular flexibility index (Phi) is 4.78. The molecule has 1 N–H and O–H groups in total. The lowest BCUT2D eigenvalue weighted by Gasteiger charge is -2.38. The summed E-state index contributed by atoms with van der Waals surface area (Å²) in [5.41, 5.74) is 0. The molecule has 0 amide bonds. The van der Waals surface area contributed by atoms with Crippen molar-refractivity contribution in [2.24, 2.45) is 0 Å². The Balaban J connectivity index is 1.71. The Morgan fingerprint density at radius 2 is 2.22 bits per heavy atom. The third kappa shape index (κ3) is 3.54. The summed E-state index contributed by atoms with van der Waals surface area (Å²) in [6.07, 6.45) is 5.32. The van der Waals surface area contributed by atoms with E-state index in [1.54, 1.807) is 0 Å². The first-order valence-corrected chi connectivity index (χ1v) is 6.97. The maximum atomic E-state index is 9.88. The average Bonchev–Trinajstić information content (AvgIpc) is 2.72. The number of aliphatic hydroxyl groups is 1. The summed E-state index contributed by atoms with van der Waals surface area (Å²) < 4.78 is 11.7. The van der Waals surface area contributed by atoms with Gasteiger partial charge in [0.15, 0.2) is 5.79 Å². The maximum absolute atomic E-state index is 9.88. The molecule has 0 bridgehead atoms. The Morgan fingerprint density at radius 3 is 2.78 bits per heavy atom. The highest BCUT2D eigenvalue weighted by Crippen LogP contribution is 2.33. The quantitative estimate of drug-likeness (QED) is 0.757. The van der Waals surface area contributed by atoms with Gasteiger partial charge >= 0.3 is 0 Å². The number of hydrogen-bond acceptors (Lipinski definition) is 4. The molecule has 18 heavy (non-hydrogen) atoms. The second-order valence-electron chi connectivity index (χ2n) is 5.47. The van der Waals surface area contributed by atoms with Crippen LogP contribution in [-0.2, 0) is 9.47 Å². The molecule has 4 heteroatoms. The van der Waals surface area contributed by atoms with Crippen molar-refractivity contribution in [3.05, 3.63) is 12.7 Å². The van der Waals surface area contributed by atoms with Crippen LogP contribution in [-0.4, -0.2) is 54.2 Å². The summed E-state index contributed by atoms with van der Waals surface area (Å²) in [7, 11) is 0. The van der Waals surface area contributed by atoms with Crippen LogP contribution < -0.4 is 0 Å². The summed E-state index contributed by atoms with van der Waals surface area (Å²) in [5.74, 6) is -0.331. The molecule has 2 unspecified atom stereocenters. The van der Waals surface area contributed by atoms with E-state index in [0.29, 0.717) is 6.61 Å². The van der Waals surface area contributed by atoms with E-state index in [2.05, 4.69) is 18.4 Å². The molecule has 0 aromatic rings. The minimum absolute atomic E-state index is 0.217. The Morgan fingerprint density at radius 1 is 1.50 bits per heavy atom. The van der Waals surface area contributed by atoms with Gasteiger partial charge < -0.3 is 19.5 Å². The number of nitrogens with zero attached hydrogens (tertiary/aromatic N) is 1. The Labute approximate surface area is 110 Å². The standard InChI is InChI=1S/C14H25NO3/c1-3-4-5-13(16)10-15-8-6-14(7-9-15)17-11-12(2)18-14/h3,12-13,16H,1,4-11H2,2H3. The van der Waals surface area contributed by atoms with Crippen molar-refractivity contribution in [2.45, 2.75) is 50.6 Å². The van der Waals surface area contributed by atoms with E-state index in [9.17, 15) is 5.11 Å². The number of allylic oxidation sites excluding steroid dienone is 1. The predicted octanol–water partition coefficient (Wildman–Crippen LogP) is 1.54. The fourth-order valence-corrected chi connectivity index (χ4v) is 2.74. The molecule has 2 saturated heterocycles. The number of hydrogen-bond donors (Lipinski definition) is 1. The second-order valence-corrected chi connectivity index (χ2v) is 5.47. The minimum atomic E-state index is -0.331. The highest BCUT2D eigenvalue weighted by Gasteiger charge is 2.42. The van der Waals surface area contributed by atoms with Gasteiger partial charge in [0.2, 0.25) is 0 Å². The predicted molar refractivity (Wildman–Crippen MR) is 70.3 cm³/mol. The maximum Gasteiger partial charge on any atom is 0.171 e. The summed E-state index contributed by atoms with van der Waals surface area (Å²) in [5, 5.41) is 9.88.